The van der Waals surface area contributed by atoms with Crippen LogP contribution in [0.2, 0.25) is 0 Å². The molecule has 2 nitrogen and oxygen atoms in total. The molecule has 92 valence electrons. The Morgan fingerprint density at radius 3 is 2.82 bits per heavy atom. The van der Waals surface area contributed by atoms with E-state index in [4.69, 9.17) is 5.84 Å². The fraction of sp³-hybridized carbons (Fsp3) is 0.385. The van der Waals surface area contributed by atoms with Crippen molar-refractivity contribution in [2.75, 3.05) is 0 Å². The average molecular weight is 299 g/mol. The van der Waals surface area contributed by atoms with Gasteiger partial charge in [-0.2, -0.15) is 0 Å². The number of hydrazine groups is 1. The van der Waals surface area contributed by atoms with Gasteiger partial charge in [0, 0.05) is 5.56 Å². The van der Waals surface area contributed by atoms with Gasteiger partial charge in [0.1, 0.15) is 5.82 Å². The Labute approximate surface area is 109 Å². The highest BCUT2D eigenvalue weighted by Crippen LogP contribution is 2.32. The highest BCUT2D eigenvalue weighted by molar-refractivity contribution is 9.10. The molecule has 1 unspecified atom stereocenters. The molecule has 1 aliphatic rings. The lowest BCUT2D eigenvalue weighted by atomic mass is 9.90. The van der Waals surface area contributed by atoms with Gasteiger partial charge >= 0.3 is 0 Å². The number of halogens is 2. The molecule has 0 saturated carbocycles. The lowest BCUT2D eigenvalue weighted by Gasteiger charge is -2.23. The molecular weight excluding hydrogens is 283 g/mol. The molecule has 0 amide bonds. The molecule has 1 aliphatic carbocycles. The largest absolute Gasteiger partial charge is 0.271 e. The number of benzene rings is 1. The third-order valence-corrected chi connectivity index (χ3v) is 3.77. The van der Waals surface area contributed by atoms with Gasteiger partial charge in [-0.15, -0.1) is 0 Å². The number of allylic oxidation sites excluding steroid dienone is 1. The highest BCUT2D eigenvalue weighted by atomic mass is 79.9. The molecule has 0 radical (unpaired) electrons. The molecule has 2 rings (SSSR count). The minimum absolute atomic E-state index is 0.215. The van der Waals surface area contributed by atoms with Gasteiger partial charge < -0.3 is 0 Å². The highest BCUT2D eigenvalue weighted by Gasteiger charge is 2.20. The van der Waals surface area contributed by atoms with Crippen molar-refractivity contribution in [3.8, 4) is 0 Å². The first-order valence-electron chi connectivity index (χ1n) is 5.83. The van der Waals surface area contributed by atoms with E-state index in [2.05, 4.69) is 27.4 Å². The van der Waals surface area contributed by atoms with Crippen LogP contribution in [0.15, 0.2) is 34.3 Å². The van der Waals surface area contributed by atoms with E-state index >= 15 is 0 Å². The summed E-state index contributed by atoms with van der Waals surface area (Å²) < 4.78 is 14.5. The van der Waals surface area contributed by atoms with Crippen LogP contribution in [0.3, 0.4) is 0 Å². The van der Waals surface area contributed by atoms with Crippen LogP contribution in [0.1, 0.15) is 37.3 Å². The zero-order chi connectivity index (χ0) is 12.3. The Morgan fingerprint density at radius 1 is 1.35 bits per heavy atom. The molecule has 0 heterocycles. The van der Waals surface area contributed by atoms with Crippen LogP contribution in [0.4, 0.5) is 4.39 Å². The lowest BCUT2D eigenvalue weighted by molar-refractivity contribution is 0.525. The first kappa shape index (κ1) is 12.7. The van der Waals surface area contributed by atoms with Crippen molar-refractivity contribution in [2.24, 2.45) is 5.84 Å². The van der Waals surface area contributed by atoms with Crippen molar-refractivity contribution in [1.29, 1.82) is 0 Å². The summed E-state index contributed by atoms with van der Waals surface area (Å²) in [4.78, 5) is 0. The predicted molar refractivity (Wildman–Crippen MR) is 70.7 cm³/mol. The Balaban J connectivity index is 2.34. The van der Waals surface area contributed by atoms with Crippen molar-refractivity contribution in [3.63, 3.8) is 0 Å². The van der Waals surface area contributed by atoms with E-state index in [-0.39, 0.29) is 11.9 Å². The van der Waals surface area contributed by atoms with E-state index in [1.807, 2.05) is 6.07 Å². The first-order chi connectivity index (χ1) is 8.24. The van der Waals surface area contributed by atoms with Gasteiger partial charge in [0.15, 0.2) is 0 Å². The summed E-state index contributed by atoms with van der Waals surface area (Å²) in [6.07, 6.45) is 6.58. The predicted octanol–water partition coefficient (Wildman–Crippen LogP) is 3.59. The zero-order valence-corrected chi connectivity index (χ0v) is 11.1. The third-order valence-electron chi connectivity index (χ3n) is 3.16. The summed E-state index contributed by atoms with van der Waals surface area (Å²) in [6, 6.07) is 5.09. The van der Waals surface area contributed by atoms with E-state index in [0.717, 1.165) is 19.3 Å². The number of nitrogens with one attached hydrogen (secondary N) is 1. The van der Waals surface area contributed by atoms with Crippen LogP contribution < -0.4 is 11.3 Å². The average Bonchev–Trinajstić information content (AvgIpc) is 2.37. The van der Waals surface area contributed by atoms with Gasteiger partial charge in [0.25, 0.3) is 0 Å². The fourth-order valence-electron chi connectivity index (χ4n) is 2.27. The maximum atomic E-state index is 14.0. The summed E-state index contributed by atoms with van der Waals surface area (Å²) in [5.41, 5.74) is 4.52. The summed E-state index contributed by atoms with van der Waals surface area (Å²) in [6.45, 7) is 0. The summed E-state index contributed by atoms with van der Waals surface area (Å²) >= 11 is 3.20. The molecule has 0 aliphatic heterocycles. The third kappa shape index (κ3) is 2.76. The van der Waals surface area contributed by atoms with Crippen molar-refractivity contribution in [2.45, 2.75) is 31.7 Å². The Morgan fingerprint density at radius 2 is 2.18 bits per heavy atom. The van der Waals surface area contributed by atoms with Crippen LogP contribution in [-0.4, -0.2) is 0 Å². The second-order valence-electron chi connectivity index (χ2n) is 4.27. The fourth-order valence-corrected chi connectivity index (χ4v) is 2.65. The lowest BCUT2D eigenvalue weighted by Crippen LogP contribution is -2.30. The normalized spacial score (nSPS) is 17.7. The van der Waals surface area contributed by atoms with Crippen LogP contribution in [-0.2, 0) is 0 Å². The molecule has 0 bridgehead atoms. The molecular formula is C13H16BrFN2. The van der Waals surface area contributed by atoms with Crippen LogP contribution in [0.25, 0.3) is 0 Å². The van der Waals surface area contributed by atoms with Gasteiger partial charge in [0.05, 0.1) is 10.5 Å². The number of nitrogens with two attached hydrogens (primary N) is 1. The second-order valence-corrected chi connectivity index (χ2v) is 5.12. The van der Waals surface area contributed by atoms with Crippen LogP contribution in [0.5, 0.6) is 0 Å². The van der Waals surface area contributed by atoms with Gasteiger partial charge in [-0.3, -0.25) is 5.84 Å². The first-order valence-corrected chi connectivity index (χ1v) is 6.62. The van der Waals surface area contributed by atoms with Crippen molar-refractivity contribution >= 4 is 15.9 Å². The summed E-state index contributed by atoms with van der Waals surface area (Å²) in [7, 11) is 0. The Kier molecular flexibility index (Phi) is 4.31. The zero-order valence-electron chi connectivity index (χ0n) is 9.55. The summed E-state index contributed by atoms with van der Waals surface area (Å²) in [5, 5.41) is 0. The van der Waals surface area contributed by atoms with Gasteiger partial charge in [-0.1, -0.05) is 23.8 Å². The quantitative estimate of drug-likeness (QED) is 0.508. The smallest absolute Gasteiger partial charge is 0.142 e. The van der Waals surface area contributed by atoms with Crippen LogP contribution >= 0.6 is 15.9 Å². The van der Waals surface area contributed by atoms with E-state index in [9.17, 15) is 4.39 Å². The number of rotatable bonds is 3. The van der Waals surface area contributed by atoms with Crippen molar-refractivity contribution in [3.05, 3.63) is 45.7 Å². The molecule has 0 spiro atoms. The van der Waals surface area contributed by atoms with Crippen molar-refractivity contribution < 1.29 is 4.39 Å². The molecule has 17 heavy (non-hydrogen) atoms. The number of hydrogen-bond acceptors (Lipinski definition) is 2. The molecule has 3 N–H and O–H groups in total. The van der Waals surface area contributed by atoms with Crippen LogP contribution in [0, 0.1) is 5.82 Å². The molecule has 1 aromatic carbocycles. The monoisotopic (exact) mass is 298 g/mol. The molecule has 1 aromatic rings. The van der Waals surface area contributed by atoms with E-state index in [1.165, 1.54) is 12.0 Å². The minimum atomic E-state index is -0.234. The molecule has 0 aromatic heterocycles. The van der Waals surface area contributed by atoms with Gasteiger partial charge in [-0.05, 0) is 47.7 Å². The topological polar surface area (TPSA) is 38.0 Å². The van der Waals surface area contributed by atoms with Gasteiger partial charge in [0.2, 0.25) is 0 Å². The Bertz CT molecular complexity index is 431. The summed E-state index contributed by atoms with van der Waals surface area (Å²) in [5.74, 6) is 5.35. The van der Waals surface area contributed by atoms with Gasteiger partial charge in [-0.25, -0.2) is 9.82 Å². The maximum absolute atomic E-state index is 14.0. The molecule has 1 atom stereocenters. The van der Waals surface area contributed by atoms with E-state index in [1.54, 1.807) is 12.1 Å². The second kappa shape index (κ2) is 5.76. The minimum Gasteiger partial charge on any atom is -0.271 e. The molecule has 0 saturated heterocycles. The van der Waals surface area contributed by atoms with Crippen molar-refractivity contribution in [1.82, 2.24) is 5.43 Å². The number of hydrogen-bond donors (Lipinski definition) is 2. The molecule has 4 heteroatoms. The standard InChI is InChI=1S/C13H16BrFN2/c14-11-8-4-7-10(12(11)15)13(17-16)9-5-2-1-3-6-9/h4-5,7-8,13,17H,1-3,6,16H2. The maximum Gasteiger partial charge on any atom is 0.142 e. The Hall–Kier alpha value is -0.710. The SMILES string of the molecule is NNC(C1=CCCCC1)c1cccc(Br)c1F. The van der Waals surface area contributed by atoms with E-state index < -0.39 is 0 Å². The molecule has 0 fully saturated rings. The van der Waals surface area contributed by atoms with E-state index in [0.29, 0.717) is 10.0 Å².